The third-order valence-corrected chi connectivity index (χ3v) is 6.50. The Morgan fingerprint density at radius 1 is 1.28 bits per heavy atom. The van der Waals surface area contributed by atoms with E-state index < -0.39 is 6.10 Å². The van der Waals surface area contributed by atoms with Gasteiger partial charge in [0.2, 0.25) is 0 Å². The number of nitrogens with one attached hydrogen (secondary N) is 1. The average Bonchev–Trinajstić information content (AvgIpc) is 3.12. The van der Waals surface area contributed by atoms with Crippen LogP contribution >= 0.6 is 23.4 Å². The fourth-order valence-electron chi connectivity index (χ4n) is 3.84. The van der Waals surface area contributed by atoms with Crippen molar-refractivity contribution in [2.24, 2.45) is 0 Å². The molecular formula is C19H27ClN2O2S. The lowest BCUT2D eigenvalue weighted by Crippen LogP contribution is -2.57. The Labute approximate surface area is 159 Å². The van der Waals surface area contributed by atoms with E-state index in [4.69, 9.17) is 16.3 Å². The van der Waals surface area contributed by atoms with Crippen LogP contribution in [0, 0.1) is 0 Å². The number of amides is 1. The van der Waals surface area contributed by atoms with Crippen LogP contribution in [0.1, 0.15) is 32.6 Å². The van der Waals surface area contributed by atoms with Crippen molar-refractivity contribution in [1.29, 1.82) is 0 Å². The van der Waals surface area contributed by atoms with E-state index >= 15 is 0 Å². The van der Waals surface area contributed by atoms with E-state index in [-0.39, 0.29) is 11.4 Å². The number of thioether (sulfide) groups is 1. The minimum absolute atomic E-state index is 0.0485. The van der Waals surface area contributed by atoms with Crippen LogP contribution in [0.2, 0.25) is 5.02 Å². The van der Waals surface area contributed by atoms with Crippen LogP contribution in [0.5, 0.6) is 5.75 Å². The third kappa shape index (κ3) is 4.83. The summed E-state index contributed by atoms with van der Waals surface area (Å²) in [5.74, 6) is 3.01. The molecule has 0 aromatic heterocycles. The zero-order valence-corrected chi connectivity index (χ0v) is 16.4. The van der Waals surface area contributed by atoms with Crippen molar-refractivity contribution in [3.8, 4) is 5.75 Å². The van der Waals surface area contributed by atoms with Crippen LogP contribution in [-0.2, 0) is 4.79 Å². The van der Waals surface area contributed by atoms with Gasteiger partial charge in [0.15, 0.2) is 6.10 Å². The summed E-state index contributed by atoms with van der Waals surface area (Å²) in [4.78, 5) is 15.1. The Balaban J connectivity index is 1.54. The first-order valence-corrected chi connectivity index (χ1v) is 10.7. The summed E-state index contributed by atoms with van der Waals surface area (Å²) in [7, 11) is 0. The first-order chi connectivity index (χ1) is 12.1. The van der Waals surface area contributed by atoms with Gasteiger partial charge in [0, 0.05) is 41.7 Å². The first-order valence-electron chi connectivity index (χ1n) is 9.12. The van der Waals surface area contributed by atoms with Gasteiger partial charge < -0.3 is 10.1 Å². The highest BCUT2D eigenvalue weighted by Crippen LogP contribution is 2.36. The molecule has 138 valence electrons. The van der Waals surface area contributed by atoms with Gasteiger partial charge >= 0.3 is 0 Å². The highest BCUT2D eigenvalue weighted by molar-refractivity contribution is 7.99. The highest BCUT2D eigenvalue weighted by atomic mass is 35.5. The second-order valence-electron chi connectivity index (χ2n) is 6.96. The summed E-state index contributed by atoms with van der Waals surface area (Å²) >= 11 is 7.91. The van der Waals surface area contributed by atoms with Gasteiger partial charge in [-0.2, -0.15) is 11.8 Å². The van der Waals surface area contributed by atoms with Crippen molar-refractivity contribution < 1.29 is 9.53 Å². The second-order valence-corrected chi connectivity index (χ2v) is 8.62. The fraction of sp³-hybridized carbons (Fsp3) is 0.632. The van der Waals surface area contributed by atoms with E-state index in [0.29, 0.717) is 10.8 Å². The van der Waals surface area contributed by atoms with Gasteiger partial charge in [-0.05, 0) is 44.0 Å². The van der Waals surface area contributed by atoms with Crippen LogP contribution in [0.15, 0.2) is 24.3 Å². The molecule has 1 N–H and O–H groups in total. The van der Waals surface area contributed by atoms with Crippen molar-refractivity contribution in [2.75, 3.05) is 31.1 Å². The minimum atomic E-state index is -0.517. The predicted molar refractivity (Wildman–Crippen MR) is 105 cm³/mol. The van der Waals surface area contributed by atoms with Crippen LogP contribution in [0.3, 0.4) is 0 Å². The highest BCUT2D eigenvalue weighted by Gasteiger charge is 2.40. The molecule has 1 aromatic rings. The van der Waals surface area contributed by atoms with Gasteiger partial charge in [0.1, 0.15) is 5.75 Å². The summed E-state index contributed by atoms with van der Waals surface area (Å²) in [6, 6.07) is 7.11. The van der Waals surface area contributed by atoms with Gasteiger partial charge in [0.25, 0.3) is 5.91 Å². The quantitative estimate of drug-likeness (QED) is 0.816. The van der Waals surface area contributed by atoms with Crippen molar-refractivity contribution in [3.63, 3.8) is 0 Å². The largest absolute Gasteiger partial charge is 0.481 e. The number of carbonyl (C=O) groups excluding carboxylic acids is 1. The Kier molecular flexibility index (Phi) is 6.53. The van der Waals surface area contributed by atoms with Crippen LogP contribution in [-0.4, -0.2) is 53.6 Å². The van der Waals surface area contributed by atoms with Crippen molar-refractivity contribution in [3.05, 3.63) is 29.3 Å². The van der Waals surface area contributed by atoms with E-state index in [1.165, 1.54) is 37.2 Å². The van der Waals surface area contributed by atoms with Crippen molar-refractivity contribution in [2.45, 2.75) is 44.2 Å². The van der Waals surface area contributed by atoms with Crippen molar-refractivity contribution in [1.82, 2.24) is 10.2 Å². The maximum Gasteiger partial charge on any atom is 0.260 e. The fourth-order valence-corrected chi connectivity index (χ4v) is 4.87. The van der Waals surface area contributed by atoms with Gasteiger partial charge in [-0.15, -0.1) is 0 Å². The molecule has 3 rings (SSSR count). The maximum atomic E-state index is 12.5. The molecule has 0 radical (unpaired) electrons. The minimum Gasteiger partial charge on any atom is -0.481 e. The number of hydrogen-bond acceptors (Lipinski definition) is 4. The summed E-state index contributed by atoms with van der Waals surface area (Å²) in [5, 5.41) is 3.82. The van der Waals surface area contributed by atoms with Crippen LogP contribution in [0.25, 0.3) is 0 Å². The normalized spacial score (nSPS) is 21.7. The molecule has 1 aliphatic heterocycles. The summed E-state index contributed by atoms with van der Waals surface area (Å²) in [6.45, 7) is 4.79. The molecule has 1 saturated heterocycles. The zero-order chi connectivity index (χ0) is 17.7. The number of halogens is 1. The number of hydrogen-bond donors (Lipinski definition) is 1. The topological polar surface area (TPSA) is 41.6 Å². The van der Waals surface area contributed by atoms with E-state index in [9.17, 15) is 4.79 Å². The smallest absolute Gasteiger partial charge is 0.260 e. The average molecular weight is 383 g/mol. The molecule has 0 spiro atoms. The first kappa shape index (κ1) is 18.9. The lowest BCUT2D eigenvalue weighted by Gasteiger charge is -2.43. The van der Waals surface area contributed by atoms with E-state index in [2.05, 4.69) is 10.2 Å². The third-order valence-electron chi connectivity index (χ3n) is 5.30. The predicted octanol–water partition coefficient (Wildman–Crippen LogP) is 3.59. The Morgan fingerprint density at radius 3 is 2.56 bits per heavy atom. The molecule has 1 saturated carbocycles. The van der Waals surface area contributed by atoms with Gasteiger partial charge in [-0.25, -0.2) is 0 Å². The zero-order valence-electron chi connectivity index (χ0n) is 14.8. The van der Waals surface area contributed by atoms with Gasteiger partial charge in [-0.1, -0.05) is 24.4 Å². The van der Waals surface area contributed by atoms with E-state index in [0.717, 1.165) is 19.6 Å². The molecule has 0 bridgehead atoms. The van der Waals surface area contributed by atoms with E-state index in [1.807, 2.05) is 11.8 Å². The number of rotatable bonds is 6. The molecule has 1 unspecified atom stereocenters. The Morgan fingerprint density at radius 2 is 1.92 bits per heavy atom. The number of benzene rings is 1. The Hall–Kier alpha value is -0.910. The molecule has 1 atom stereocenters. The maximum absolute atomic E-state index is 12.5. The molecule has 1 aliphatic carbocycles. The molecule has 1 heterocycles. The summed E-state index contributed by atoms with van der Waals surface area (Å²) < 4.78 is 5.74. The van der Waals surface area contributed by atoms with Gasteiger partial charge in [0.05, 0.1) is 0 Å². The van der Waals surface area contributed by atoms with Crippen LogP contribution in [0.4, 0.5) is 0 Å². The molecule has 6 heteroatoms. The number of nitrogens with zero attached hydrogens (tertiary/aromatic N) is 1. The molecule has 25 heavy (non-hydrogen) atoms. The van der Waals surface area contributed by atoms with Crippen molar-refractivity contribution >= 4 is 29.3 Å². The number of ether oxygens (including phenoxy) is 1. The summed E-state index contributed by atoms with van der Waals surface area (Å²) in [5.41, 5.74) is 0.149. The number of carbonyl (C=O) groups is 1. The lowest BCUT2D eigenvalue weighted by atomic mass is 9.94. The second kappa shape index (κ2) is 8.65. The van der Waals surface area contributed by atoms with Gasteiger partial charge in [-0.3, -0.25) is 9.69 Å². The SMILES string of the molecule is CC(Oc1ccc(Cl)cc1)C(=O)NCC1(N2CCSCC2)CCCC1. The molecule has 1 aromatic carbocycles. The van der Waals surface area contributed by atoms with Crippen LogP contribution < -0.4 is 10.1 Å². The monoisotopic (exact) mass is 382 g/mol. The molecule has 2 fully saturated rings. The molecule has 2 aliphatic rings. The Bertz CT molecular complexity index is 569. The summed E-state index contributed by atoms with van der Waals surface area (Å²) in [6.07, 6.45) is 4.37. The molecule has 4 nitrogen and oxygen atoms in total. The lowest BCUT2D eigenvalue weighted by molar-refractivity contribution is -0.128. The molecule has 1 amide bonds. The van der Waals surface area contributed by atoms with E-state index in [1.54, 1.807) is 31.2 Å². The standard InChI is InChI=1S/C19H27ClN2O2S/c1-15(24-17-6-4-16(20)5-7-17)18(23)21-14-19(8-2-3-9-19)22-10-12-25-13-11-22/h4-7,15H,2-3,8-14H2,1H3,(H,21,23). The molecular weight excluding hydrogens is 356 g/mol.